The highest BCUT2D eigenvalue weighted by atomic mass is 35.5. The molecule has 0 heterocycles. The SMILES string of the molecule is O=C(COC(=O)c1ccc(F)cc1Cl)NCc1ccc(F)cc1F. The van der Waals surface area contributed by atoms with Gasteiger partial charge in [-0.25, -0.2) is 18.0 Å². The Bertz CT molecular complexity index is 783. The molecular formula is C16H11ClF3NO3. The van der Waals surface area contributed by atoms with Crippen molar-refractivity contribution in [2.24, 2.45) is 0 Å². The summed E-state index contributed by atoms with van der Waals surface area (Å²) >= 11 is 5.70. The number of carbonyl (C=O) groups is 2. The molecule has 2 aromatic carbocycles. The first-order valence-electron chi connectivity index (χ1n) is 6.69. The van der Waals surface area contributed by atoms with E-state index in [2.05, 4.69) is 5.32 Å². The van der Waals surface area contributed by atoms with Crippen molar-refractivity contribution in [3.05, 3.63) is 70.0 Å². The molecule has 4 nitrogen and oxygen atoms in total. The van der Waals surface area contributed by atoms with Gasteiger partial charge in [0.2, 0.25) is 0 Å². The van der Waals surface area contributed by atoms with E-state index in [1.165, 1.54) is 6.07 Å². The Morgan fingerprint density at radius 1 is 1.04 bits per heavy atom. The van der Waals surface area contributed by atoms with E-state index in [4.69, 9.17) is 16.3 Å². The summed E-state index contributed by atoms with van der Waals surface area (Å²) in [5.74, 6) is -3.73. The van der Waals surface area contributed by atoms with Crippen molar-refractivity contribution in [3.63, 3.8) is 0 Å². The van der Waals surface area contributed by atoms with Gasteiger partial charge in [0.05, 0.1) is 10.6 Å². The van der Waals surface area contributed by atoms with Crippen LogP contribution in [0.1, 0.15) is 15.9 Å². The lowest BCUT2D eigenvalue weighted by Crippen LogP contribution is -2.28. The Morgan fingerprint density at radius 3 is 2.38 bits per heavy atom. The van der Waals surface area contributed by atoms with Crippen LogP contribution in [0.4, 0.5) is 13.2 Å². The van der Waals surface area contributed by atoms with Crippen LogP contribution in [-0.4, -0.2) is 18.5 Å². The van der Waals surface area contributed by atoms with Gasteiger partial charge in [-0.15, -0.1) is 0 Å². The second-order valence-electron chi connectivity index (χ2n) is 4.71. The first-order chi connectivity index (χ1) is 11.4. The number of benzene rings is 2. The molecule has 2 rings (SSSR count). The fourth-order valence-electron chi connectivity index (χ4n) is 1.77. The minimum absolute atomic E-state index is 0.0812. The number of hydrogen-bond donors (Lipinski definition) is 1. The highest BCUT2D eigenvalue weighted by molar-refractivity contribution is 6.33. The topological polar surface area (TPSA) is 55.4 Å². The number of esters is 1. The first-order valence-corrected chi connectivity index (χ1v) is 7.07. The number of halogens is 4. The standard InChI is InChI=1S/C16H11ClF3NO3/c17-13-5-10(18)3-4-12(13)16(23)24-8-15(22)21-7-9-1-2-11(19)6-14(9)20/h1-6H,7-8H2,(H,21,22). The maximum absolute atomic E-state index is 13.4. The van der Waals surface area contributed by atoms with E-state index in [9.17, 15) is 22.8 Å². The zero-order valence-corrected chi connectivity index (χ0v) is 12.9. The zero-order valence-electron chi connectivity index (χ0n) is 12.1. The zero-order chi connectivity index (χ0) is 17.7. The third-order valence-electron chi connectivity index (χ3n) is 2.98. The van der Waals surface area contributed by atoms with Gasteiger partial charge in [-0.2, -0.15) is 0 Å². The molecular weight excluding hydrogens is 347 g/mol. The Balaban J connectivity index is 1.85. The number of carbonyl (C=O) groups excluding carboxylic acids is 2. The molecule has 126 valence electrons. The summed E-state index contributed by atoms with van der Waals surface area (Å²) in [6.45, 7) is -0.824. The van der Waals surface area contributed by atoms with Gasteiger partial charge in [0, 0.05) is 18.2 Å². The van der Waals surface area contributed by atoms with Crippen LogP contribution in [-0.2, 0) is 16.1 Å². The van der Waals surface area contributed by atoms with Gasteiger partial charge in [0.1, 0.15) is 17.5 Å². The van der Waals surface area contributed by atoms with Crippen LogP contribution in [0.25, 0.3) is 0 Å². The monoisotopic (exact) mass is 357 g/mol. The van der Waals surface area contributed by atoms with Gasteiger partial charge >= 0.3 is 5.97 Å². The van der Waals surface area contributed by atoms with Gasteiger partial charge in [-0.05, 0) is 24.3 Å². The molecule has 0 radical (unpaired) electrons. The molecule has 0 aromatic heterocycles. The molecule has 0 aliphatic carbocycles. The molecule has 0 aliphatic rings. The highest BCUT2D eigenvalue weighted by Gasteiger charge is 2.14. The van der Waals surface area contributed by atoms with Gasteiger partial charge in [0.25, 0.3) is 5.91 Å². The van der Waals surface area contributed by atoms with E-state index in [1.807, 2.05) is 0 Å². The van der Waals surface area contributed by atoms with E-state index < -0.39 is 35.9 Å². The number of hydrogen-bond acceptors (Lipinski definition) is 3. The van der Waals surface area contributed by atoms with E-state index in [1.54, 1.807) is 0 Å². The minimum atomic E-state index is -0.900. The maximum atomic E-state index is 13.4. The second-order valence-corrected chi connectivity index (χ2v) is 5.12. The maximum Gasteiger partial charge on any atom is 0.340 e. The lowest BCUT2D eigenvalue weighted by atomic mass is 10.2. The fourth-order valence-corrected chi connectivity index (χ4v) is 2.02. The van der Waals surface area contributed by atoms with Gasteiger partial charge in [-0.3, -0.25) is 4.79 Å². The van der Waals surface area contributed by atoms with Crippen LogP contribution in [0.3, 0.4) is 0 Å². The van der Waals surface area contributed by atoms with Crippen LogP contribution < -0.4 is 5.32 Å². The molecule has 0 atom stereocenters. The smallest absolute Gasteiger partial charge is 0.340 e. The predicted octanol–water partition coefficient (Wildman–Crippen LogP) is 3.23. The molecule has 0 saturated heterocycles. The third kappa shape index (κ3) is 4.73. The summed E-state index contributed by atoms with van der Waals surface area (Å²) in [5, 5.41) is 2.17. The summed E-state index contributed by atoms with van der Waals surface area (Å²) in [7, 11) is 0. The minimum Gasteiger partial charge on any atom is -0.452 e. The van der Waals surface area contributed by atoms with Gasteiger partial charge < -0.3 is 10.1 Å². The Morgan fingerprint density at radius 2 is 1.71 bits per heavy atom. The van der Waals surface area contributed by atoms with Crippen LogP contribution >= 0.6 is 11.6 Å². The van der Waals surface area contributed by atoms with Crippen molar-refractivity contribution in [3.8, 4) is 0 Å². The van der Waals surface area contributed by atoms with Crippen LogP contribution in [0.2, 0.25) is 5.02 Å². The number of amides is 1. The highest BCUT2D eigenvalue weighted by Crippen LogP contribution is 2.18. The van der Waals surface area contributed by atoms with Crippen molar-refractivity contribution in [2.75, 3.05) is 6.61 Å². The number of rotatable bonds is 5. The van der Waals surface area contributed by atoms with E-state index in [0.717, 1.165) is 24.3 Å². The average molecular weight is 358 g/mol. The normalized spacial score (nSPS) is 10.3. The molecule has 0 spiro atoms. The predicted molar refractivity (Wildman–Crippen MR) is 79.9 cm³/mol. The summed E-state index contributed by atoms with van der Waals surface area (Å²) < 4.78 is 43.8. The van der Waals surface area contributed by atoms with E-state index >= 15 is 0 Å². The molecule has 8 heteroatoms. The molecule has 0 saturated carbocycles. The summed E-state index contributed by atoms with van der Waals surface area (Å²) in [5.41, 5.74) is -0.00639. The quantitative estimate of drug-likeness (QED) is 0.836. The Kier molecular flexibility index (Phi) is 5.81. The summed E-state index contributed by atoms with van der Waals surface area (Å²) in [6.07, 6.45) is 0. The molecule has 0 bridgehead atoms. The molecule has 0 fully saturated rings. The van der Waals surface area contributed by atoms with Crippen LogP contribution in [0.5, 0.6) is 0 Å². The van der Waals surface area contributed by atoms with Gasteiger partial charge in [0.15, 0.2) is 6.61 Å². The number of nitrogens with one attached hydrogen (secondary N) is 1. The number of ether oxygens (including phenoxy) is 1. The Hall–Kier alpha value is -2.54. The molecule has 1 amide bonds. The summed E-state index contributed by atoms with van der Waals surface area (Å²) in [6, 6.07) is 6.04. The molecule has 0 unspecified atom stereocenters. The van der Waals surface area contributed by atoms with Crippen molar-refractivity contribution in [1.29, 1.82) is 0 Å². The van der Waals surface area contributed by atoms with Crippen LogP contribution in [0.15, 0.2) is 36.4 Å². The third-order valence-corrected chi connectivity index (χ3v) is 3.29. The molecule has 24 heavy (non-hydrogen) atoms. The molecule has 2 aromatic rings. The molecule has 0 aliphatic heterocycles. The van der Waals surface area contributed by atoms with E-state index in [0.29, 0.717) is 6.07 Å². The van der Waals surface area contributed by atoms with Crippen molar-refractivity contribution in [2.45, 2.75) is 6.54 Å². The van der Waals surface area contributed by atoms with Gasteiger partial charge in [-0.1, -0.05) is 17.7 Å². The van der Waals surface area contributed by atoms with Crippen molar-refractivity contribution < 1.29 is 27.5 Å². The van der Waals surface area contributed by atoms with Crippen molar-refractivity contribution in [1.82, 2.24) is 5.32 Å². The van der Waals surface area contributed by atoms with E-state index in [-0.39, 0.29) is 22.7 Å². The summed E-state index contributed by atoms with van der Waals surface area (Å²) in [4.78, 5) is 23.3. The second kappa shape index (κ2) is 7.83. The molecule has 1 N–H and O–H groups in total. The Labute approximate surface area is 140 Å². The van der Waals surface area contributed by atoms with Crippen molar-refractivity contribution >= 4 is 23.5 Å². The lowest BCUT2D eigenvalue weighted by Gasteiger charge is -2.08. The van der Waals surface area contributed by atoms with Crippen LogP contribution in [0, 0.1) is 17.5 Å². The first kappa shape index (κ1) is 17.8. The largest absolute Gasteiger partial charge is 0.452 e. The lowest BCUT2D eigenvalue weighted by molar-refractivity contribution is -0.124. The fraction of sp³-hybridized carbons (Fsp3) is 0.125. The average Bonchev–Trinajstić information content (AvgIpc) is 2.51.